The van der Waals surface area contributed by atoms with Crippen LogP contribution in [0.25, 0.3) is 10.8 Å². The highest BCUT2D eigenvalue weighted by molar-refractivity contribution is 6.11. The van der Waals surface area contributed by atoms with E-state index in [1.807, 2.05) is 0 Å². The molecule has 5 saturated heterocycles. The van der Waals surface area contributed by atoms with Gasteiger partial charge in [-0.3, -0.25) is 9.59 Å². The van der Waals surface area contributed by atoms with Crippen molar-refractivity contribution in [3.63, 3.8) is 0 Å². The summed E-state index contributed by atoms with van der Waals surface area (Å²) in [4.78, 5) is 41.3. The molecule has 5 heterocycles. The fraction of sp³-hybridized carbons (Fsp3) is 0.732. The van der Waals surface area contributed by atoms with Gasteiger partial charge in [0.25, 0.3) is 0 Å². The Hall–Kier alpha value is -4.07. The van der Waals surface area contributed by atoms with Gasteiger partial charge in [-0.1, -0.05) is 6.08 Å². The Balaban J connectivity index is 1.03. The van der Waals surface area contributed by atoms with Gasteiger partial charge in [0.1, 0.15) is 72.2 Å². The maximum Gasteiger partial charge on any atom is 0.330 e. The van der Waals surface area contributed by atoms with Crippen LogP contribution >= 0.6 is 0 Å². The quantitative estimate of drug-likeness (QED) is 0.0776. The average Bonchev–Trinajstić information content (AvgIpc) is 2.79. The summed E-state index contributed by atoms with van der Waals surface area (Å²) in [6.45, 7) is 13.7. The molecule has 0 saturated carbocycles. The molecular weight excluding hydrogens is 1070 g/mol. The number of ketones is 2. The zero-order valence-electron chi connectivity index (χ0n) is 47.0. The lowest BCUT2D eigenvalue weighted by Gasteiger charge is -2.46. The molecule has 454 valence electrons. The third-order valence-corrected chi connectivity index (χ3v) is 16.4. The Kier molecular flexibility index (Phi) is 19.9. The van der Waals surface area contributed by atoms with E-state index in [2.05, 4.69) is 0 Å². The minimum Gasteiger partial charge on any atom is -0.507 e. The largest absolute Gasteiger partial charge is 0.507 e. The molecule has 5 fully saturated rings. The van der Waals surface area contributed by atoms with Crippen LogP contribution in [0.3, 0.4) is 0 Å². The lowest BCUT2D eigenvalue weighted by molar-refractivity contribution is -0.334. The molecule has 5 aliphatic heterocycles. The van der Waals surface area contributed by atoms with Gasteiger partial charge in [0.05, 0.1) is 71.5 Å². The van der Waals surface area contributed by atoms with E-state index in [-0.39, 0.29) is 71.7 Å². The molecule has 1 aliphatic carbocycles. The first-order valence-electron chi connectivity index (χ1n) is 27.6. The zero-order chi connectivity index (χ0) is 59.3. The Morgan fingerprint density at radius 3 is 1.70 bits per heavy atom. The first-order chi connectivity index (χ1) is 38.1. The summed E-state index contributed by atoms with van der Waals surface area (Å²) in [5.41, 5.74) is -1.52. The number of rotatable bonds is 17. The van der Waals surface area contributed by atoms with Crippen molar-refractivity contribution < 1.29 is 122 Å². The maximum atomic E-state index is 15.1. The standard InChI is InChI=1S/C56H80O25/c1-11-12-36(58)76-32-16-38(72-23(4)46(32)61)78-33-17-37(71-24(5)47(33)62)77-31-15-29-13-28-14-30(53(70-10)52(67)45(60)22(3)57)54(51(66)43(28)50(65)42(29)44(59)21(31)2)81-40-19-34(48(63)26(7)74-40)79-39-18-35(49(64)25(6)73-39)80-41-20-56(9,69)55(68)27(8)75-41/h11-13,15,22-27,30,32-35,37-41,45-49,53-55,57,59-65,68-69H,14,16-20H2,1-10H3/b12-11+/t22-,23?,24?,25?,26?,27?,30+,32-,33?,34-,35-,37+,38+,39+,40+,41+,45+,46-,47-,48-,49+,53+,54+,55-,56+/m1/s1. The number of ether oxygens (including phenoxy) is 12. The number of aliphatic hydroxyl groups is 8. The second kappa shape index (κ2) is 25.6. The van der Waals surface area contributed by atoms with Crippen molar-refractivity contribution in [1.29, 1.82) is 0 Å². The van der Waals surface area contributed by atoms with Crippen LogP contribution in [0.1, 0.15) is 109 Å². The molecule has 81 heavy (non-hydrogen) atoms. The molecule has 25 nitrogen and oxygen atoms in total. The van der Waals surface area contributed by atoms with Gasteiger partial charge in [-0.2, -0.15) is 0 Å². The molecular formula is C56H80O25. The molecule has 25 heteroatoms. The first-order valence-corrected chi connectivity index (χ1v) is 27.6. The summed E-state index contributed by atoms with van der Waals surface area (Å²) in [5.74, 6) is -4.80. The van der Waals surface area contributed by atoms with Crippen LogP contribution < -0.4 is 4.74 Å². The number of carbonyl (C=O) groups is 3. The highest BCUT2D eigenvalue weighted by Crippen LogP contribution is 2.48. The van der Waals surface area contributed by atoms with E-state index in [0.717, 1.165) is 0 Å². The number of allylic oxidation sites excluding steroid dienone is 1. The van der Waals surface area contributed by atoms with Crippen LogP contribution in [0.4, 0.5) is 0 Å². The maximum absolute atomic E-state index is 15.1. The van der Waals surface area contributed by atoms with Gasteiger partial charge < -0.3 is 108 Å². The highest BCUT2D eigenvalue weighted by Gasteiger charge is 2.52. The normalized spacial score (nSPS) is 40.6. The number of methoxy groups -OCH3 is 1. The van der Waals surface area contributed by atoms with Crippen LogP contribution in [-0.2, 0) is 68.1 Å². The summed E-state index contributed by atoms with van der Waals surface area (Å²) >= 11 is 0. The van der Waals surface area contributed by atoms with E-state index in [0.29, 0.717) is 0 Å². The SMILES string of the molecule is C/C=C/C(=O)O[C@@H]1C[C@H](OC2C[C@H](Oc3cc4cc5c(c(O)c4c(O)c3C)C(=O)[C@@H](O[C@H]3C[C@@H](O[C@H]4C[C@@H](O[C@H]6C[C@](C)(O)[C@H](O)C(C)O6)[C@@H](O)C(C)O4)[C@H](O)C(C)O3)[C@H]([C@H](OC)C(=O)[C@@H](O)[C@@H](C)O)C5)OC(C)[C@H]2O)OC(C)[C@H]1O. The number of carbonyl (C=O) groups excluding carboxylic acids is 3. The van der Waals surface area contributed by atoms with E-state index in [9.17, 15) is 60.7 Å². The number of esters is 1. The lowest BCUT2D eigenvalue weighted by Crippen LogP contribution is -2.58. The summed E-state index contributed by atoms with van der Waals surface area (Å²) < 4.78 is 72.4. The van der Waals surface area contributed by atoms with Gasteiger partial charge in [0.15, 0.2) is 36.7 Å². The minimum absolute atomic E-state index is 0.0485. The first kappa shape index (κ1) is 63.0. The van der Waals surface area contributed by atoms with E-state index in [4.69, 9.17) is 56.8 Å². The van der Waals surface area contributed by atoms with E-state index >= 15 is 4.79 Å². The van der Waals surface area contributed by atoms with Crippen molar-refractivity contribution in [2.45, 2.75) is 248 Å². The second-order valence-electron chi connectivity index (χ2n) is 22.6. The van der Waals surface area contributed by atoms with Gasteiger partial charge >= 0.3 is 5.97 Å². The van der Waals surface area contributed by atoms with Crippen molar-refractivity contribution in [1.82, 2.24) is 0 Å². The number of phenols is 2. The van der Waals surface area contributed by atoms with E-state index < -0.39 is 182 Å². The summed E-state index contributed by atoms with van der Waals surface area (Å²) in [7, 11) is 1.18. The number of hydrogen-bond donors (Lipinski definition) is 10. The van der Waals surface area contributed by atoms with Crippen LogP contribution in [0, 0.1) is 12.8 Å². The topological polar surface area (TPSA) is 364 Å². The predicted molar refractivity (Wildman–Crippen MR) is 277 cm³/mol. The van der Waals surface area contributed by atoms with E-state index in [1.54, 1.807) is 34.6 Å². The number of fused-ring (bicyclic) bond motifs is 2. The van der Waals surface area contributed by atoms with Crippen LogP contribution in [0.5, 0.6) is 17.2 Å². The summed E-state index contributed by atoms with van der Waals surface area (Å²) in [6, 6.07) is 3.02. The number of Topliss-reactive ketones (excluding diaryl/α,β-unsaturated/α-hetero) is 2. The molecule has 0 amide bonds. The van der Waals surface area contributed by atoms with Gasteiger partial charge in [-0.15, -0.1) is 0 Å². The molecule has 0 radical (unpaired) electrons. The molecule has 8 rings (SSSR count). The van der Waals surface area contributed by atoms with Crippen LogP contribution in [0.15, 0.2) is 24.3 Å². The molecule has 2 aromatic rings. The highest BCUT2D eigenvalue weighted by atomic mass is 16.7. The molecule has 10 N–H and O–H groups in total. The van der Waals surface area contributed by atoms with Gasteiger partial charge in [0, 0.05) is 56.8 Å². The van der Waals surface area contributed by atoms with Gasteiger partial charge in [-0.25, -0.2) is 4.79 Å². The Morgan fingerprint density at radius 2 is 1.19 bits per heavy atom. The van der Waals surface area contributed by atoms with Gasteiger partial charge in [0.2, 0.25) is 6.29 Å². The third-order valence-electron chi connectivity index (χ3n) is 16.4. The zero-order valence-corrected chi connectivity index (χ0v) is 47.0. The van der Waals surface area contributed by atoms with Crippen molar-refractivity contribution >= 4 is 28.3 Å². The predicted octanol–water partition coefficient (Wildman–Crippen LogP) is 0.878. The van der Waals surface area contributed by atoms with Gasteiger partial charge in [-0.05, 0) is 91.8 Å². The summed E-state index contributed by atoms with van der Waals surface area (Å²) in [5, 5.41) is 111. The van der Waals surface area contributed by atoms with E-state index in [1.165, 1.54) is 59.1 Å². The molecule has 0 aromatic heterocycles. The Labute approximate surface area is 468 Å². The van der Waals surface area contributed by atoms with Crippen molar-refractivity contribution in [2.24, 2.45) is 5.92 Å². The third kappa shape index (κ3) is 13.4. The second-order valence-corrected chi connectivity index (χ2v) is 22.6. The molecule has 0 bridgehead atoms. The van der Waals surface area contributed by atoms with Crippen molar-refractivity contribution in [3.05, 3.63) is 41.0 Å². The Morgan fingerprint density at radius 1 is 0.704 bits per heavy atom. The number of benzene rings is 2. The smallest absolute Gasteiger partial charge is 0.330 e. The number of aliphatic hydroxyl groups excluding tert-OH is 7. The molecule has 6 unspecified atom stereocenters. The number of aromatic hydroxyl groups is 2. The monoisotopic (exact) mass is 1150 g/mol. The number of phenolic OH excluding ortho intramolecular Hbond substituents is 2. The lowest BCUT2D eigenvalue weighted by atomic mass is 9.75. The van der Waals surface area contributed by atoms with Crippen molar-refractivity contribution in [3.8, 4) is 17.2 Å². The fourth-order valence-electron chi connectivity index (χ4n) is 11.8. The Bertz CT molecular complexity index is 2570. The average molecular weight is 1150 g/mol. The summed E-state index contributed by atoms with van der Waals surface area (Å²) in [6.07, 6.45) is -24.6. The fourth-order valence-corrected chi connectivity index (χ4v) is 11.8. The van der Waals surface area contributed by atoms with Crippen molar-refractivity contribution in [2.75, 3.05) is 7.11 Å². The minimum atomic E-state index is -1.96. The molecule has 6 aliphatic rings. The molecule has 0 spiro atoms. The molecule has 25 atom stereocenters. The van der Waals surface area contributed by atoms with Crippen LogP contribution in [-0.4, -0.2) is 223 Å². The molecule has 2 aromatic carbocycles. The number of hydrogen-bond acceptors (Lipinski definition) is 25. The van der Waals surface area contributed by atoms with Crippen LogP contribution in [0.2, 0.25) is 0 Å².